The molecule has 0 amide bonds. The van der Waals surface area contributed by atoms with Gasteiger partial charge in [0.15, 0.2) is 0 Å². The van der Waals surface area contributed by atoms with E-state index in [1.165, 1.54) is 77.2 Å². The maximum absolute atomic E-state index is 4.93. The van der Waals surface area contributed by atoms with Gasteiger partial charge in [0, 0.05) is 9.52 Å². The van der Waals surface area contributed by atoms with Crippen LogP contribution in [0, 0.1) is 0 Å². The molecule has 0 heterocycles. The van der Waals surface area contributed by atoms with E-state index in [0.29, 0.717) is 0 Å². The molecule has 282 valence electrons. The van der Waals surface area contributed by atoms with Gasteiger partial charge in [-0.25, -0.2) is 0 Å². The average Bonchev–Trinajstić information content (AvgIpc) is 3.84. The molecule has 0 saturated heterocycles. The SMILES string of the molecule is CC(C)(C)c1ccccc1-c1cccc2[cH-]c(-c3ccccc3)cc12.CC(C)(C)c1ccccc1-c1cccc2[cH-]c(-c3ccccc3)cc12.C[Si]C.[Cl][Zr+2][Cl]. The van der Waals surface area contributed by atoms with Crippen LogP contribution in [-0.4, -0.2) is 9.52 Å². The molecular formula is C52H52Cl2SiZr. The predicted molar refractivity (Wildman–Crippen MR) is 247 cm³/mol. The fraction of sp³-hybridized carbons (Fsp3) is 0.192. The Morgan fingerprint density at radius 2 is 0.732 bits per heavy atom. The first-order valence-corrected chi connectivity index (χ1v) is 27.5. The summed E-state index contributed by atoms with van der Waals surface area (Å²) in [4.78, 5) is 0. The number of hydrogen-bond acceptors (Lipinski definition) is 0. The van der Waals surface area contributed by atoms with E-state index in [1.54, 1.807) is 0 Å². The number of hydrogen-bond donors (Lipinski definition) is 0. The molecule has 0 fully saturated rings. The van der Waals surface area contributed by atoms with E-state index in [1.807, 2.05) is 0 Å². The van der Waals surface area contributed by atoms with E-state index >= 15 is 0 Å². The van der Waals surface area contributed by atoms with E-state index in [4.69, 9.17) is 17.0 Å². The summed E-state index contributed by atoms with van der Waals surface area (Å²) in [6.45, 7) is 18.0. The second-order valence-electron chi connectivity index (χ2n) is 16.0. The quantitative estimate of drug-likeness (QED) is 0.122. The van der Waals surface area contributed by atoms with Gasteiger partial charge in [-0.2, -0.15) is 0 Å². The van der Waals surface area contributed by atoms with Crippen molar-refractivity contribution in [2.24, 2.45) is 0 Å². The van der Waals surface area contributed by atoms with Crippen molar-refractivity contribution in [3.8, 4) is 44.5 Å². The topological polar surface area (TPSA) is 0 Å². The van der Waals surface area contributed by atoms with E-state index in [9.17, 15) is 0 Å². The molecule has 8 aromatic carbocycles. The fourth-order valence-electron chi connectivity index (χ4n) is 7.28. The van der Waals surface area contributed by atoms with Crippen LogP contribution in [0.25, 0.3) is 66.1 Å². The summed E-state index contributed by atoms with van der Waals surface area (Å²) in [7, 11) is 11.0. The molecule has 0 unspecified atom stereocenters. The molecule has 0 bridgehead atoms. The third kappa shape index (κ3) is 10.8. The molecule has 0 aliphatic heterocycles. The zero-order valence-corrected chi connectivity index (χ0v) is 38.9. The minimum absolute atomic E-state index is 0.119. The van der Waals surface area contributed by atoms with E-state index < -0.39 is 20.8 Å². The first-order chi connectivity index (χ1) is 26.9. The van der Waals surface area contributed by atoms with Crippen molar-refractivity contribution in [1.29, 1.82) is 0 Å². The van der Waals surface area contributed by atoms with Gasteiger partial charge in [-0.1, -0.05) is 210 Å². The number of fused-ring (bicyclic) bond motifs is 2. The van der Waals surface area contributed by atoms with Gasteiger partial charge in [-0.3, -0.25) is 0 Å². The van der Waals surface area contributed by atoms with Crippen LogP contribution in [0.15, 0.2) is 170 Å². The fourth-order valence-corrected chi connectivity index (χ4v) is 7.28. The molecule has 0 saturated carbocycles. The van der Waals surface area contributed by atoms with Gasteiger partial charge in [0.05, 0.1) is 0 Å². The maximum atomic E-state index is 4.93. The van der Waals surface area contributed by atoms with Crippen molar-refractivity contribution in [2.75, 3.05) is 0 Å². The first-order valence-electron chi connectivity index (χ1n) is 19.2. The van der Waals surface area contributed by atoms with Gasteiger partial charge in [-0.05, 0) is 33.1 Å². The number of rotatable bonds is 4. The van der Waals surface area contributed by atoms with E-state index in [2.05, 4.69) is 224 Å². The van der Waals surface area contributed by atoms with E-state index in [0.717, 1.165) is 9.52 Å². The van der Waals surface area contributed by atoms with Crippen LogP contribution in [0.3, 0.4) is 0 Å². The molecular weight excluding hydrogens is 815 g/mol. The first kappa shape index (κ1) is 43.3. The monoisotopic (exact) mass is 864 g/mol. The molecule has 0 aliphatic carbocycles. The van der Waals surface area contributed by atoms with Crippen molar-refractivity contribution in [3.63, 3.8) is 0 Å². The molecule has 0 atom stereocenters. The molecule has 8 aromatic rings. The Morgan fingerprint density at radius 1 is 0.429 bits per heavy atom. The average molecular weight is 867 g/mol. The van der Waals surface area contributed by atoms with Gasteiger partial charge in [0.25, 0.3) is 0 Å². The minimum atomic E-state index is -0.826. The van der Waals surface area contributed by atoms with Crippen LogP contribution >= 0.6 is 17.0 Å². The van der Waals surface area contributed by atoms with Crippen molar-refractivity contribution in [1.82, 2.24) is 0 Å². The number of benzene rings is 6. The van der Waals surface area contributed by atoms with Crippen LogP contribution < -0.4 is 0 Å². The second-order valence-corrected chi connectivity index (χ2v) is 20.7. The van der Waals surface area contributed by atoms with Crippen LogP contribution in [-0.2, 0) is 31.7 Å². The molecule has 0 N–H and O–H groups in total. The summed E-state index contributed by atoms with van der Waals surface area (Å²) >= 11 is -0.826. The Kier molecular flexibility index (Phi) is 15.5. The Morgan fingerprint density at radius 3 is 1.07 bits per heavy atom. The number of halogens is 2. The van der Waals surface area contributed by atoms with Crippen molar-refractivity contribution >= 4 is 48.1 Å². The van der Waals surface area contributed by atoms with Gasteiger partial charge >= 0.3 is 37.9 Å². The van der Waals surface area contributed by atoms with Crippen LogP contribution in [0.2, 0.25) is 13.1 Å². The van der Waals surface area contributed by atoms with Crippen LogP contribution in [0.5, 0.6) is 0 Å². The Labute approximate surface area is 357 Å². The standard InChI is InChI=1S/2C25H23.C2H6Si.2ClH.Zr/c2*1-25(2,3)24-15-8-7-13-22(24)21-14-9-12-19-16-20(17-23(19)21)18-10-5-4-6-11-18;1-3-2;;;/h2*4-17H,1-3H3;1-2H3;2*1H;/q2*-1;;;;+4/p-2. The normalized spacial score (nSPS) is 11.0. The Bertz CT molecular complexity index is 2250. The van der Waals surface area contributed by atoms with Gasteiger partial charge in [0.1, 0.15) is 0 Å². The molecule has 0 spiro atoms. The second kappa shape index (κ2) is 20.1. The van der Waals surface area contributed by atoms with Crippen molar-refractivity contribution in [3.05, 3.63) is 181 Å². The molecule has 4 heteroatoms. The summed E-state index contributed by atoms with van der Waals surface area (Å²) in [5.74, 6) is 0. The van der Waals surface area contributed by atoms with Crippen molar-refractivity contribution < 1.29 is 20.8 Å². The molecule has 0 aromatic heterocycles. The summed E-state index contributed by atoms with van der Waals surface area (Å²) in [6, 6.07) is 61.4. The predicted octanol–water partition coefficient (Wildman–Crippen LogP) is 16.5. The molecule has 8 rings (SSSR count). The Balaban J connectivity index is 0.000000188. The third-order valence-corrected chi connectivity index (χ3v) is 9.77. The van der Waals surface area contributed by atoms with Gasteiger partial charge < -0.3 is 0 Å². The third-order valence-electron chi connectivity index (χ3n) is 9.77. The molecule has 0 nitrogen and oxygen atoms in total. The molecule has 56 heavy (non-hydrogen) atoms. The zero-order chi connectivity index (χ0) is 40.3. The van der Waals surface area contributed by atoms with E-state index in [-0.39, 0.29) is 10.8 Å². The Hall–Kier alpha value is -3.78. The summed E-state index contributed by atoms with van der Waals surface area (Å²) < 4.78 is 0. The summed E-state index contributed by atoms with van der Waals surface area (Å²) in [5, 5.41) is 5.27. The summed E-state index contributed by atoms with van der Waals surface area (Å²) in [6.07, 6.45) is 0. The van der Waals surface area contributed by atoms with Gasteiger partial charge in [0.2, 0.25) is 0 Å². The van der Waals surface area contributed by atoms with Crippen LogP contribution in [0.1, 0.15) is 52.7 Å². The summed E-state index contributed by atoms with van der Waals surface area (Å²) in [5.41, 5.74) is 13.5. The zero-order valence-electron chi connectivity index (χ0n) is 33.9. The molecule has 0 aliphatic rings. The van der Waals surface area contributed by atoms with Gasteiger partial charge in [-0.15, -0.1) is 69.1 Å². The molecule has 2 radical (unpaired) electrons. The van der Waals surface area contributed by atoms with Crippen LogP contribution in [0.4, 0.5) is 0 Å². The van der Waals surface area contributed by atoms with Crippen molar-refractivity contribution in [2.45, 2.75) is 65.5 Å².